The molecule has 3 aromatic carbocycles. The van der Waals surface area contributed by atoms with E-state index in [9.17, 15) is 24.0 Å². The number of hydrogen-bond acceptors (Lipinski definition) is 9. The summed E-state index contributed by atoms with van der Waals surface area (Å²) in [4.78, 5) is 71.6. The van der Waals surface area contributed by atoms with Gasteiger partial charge in [-0.25, -0.2) is 0 Å². The van der Waals surface area contributed by atoms with Crippen LogP contribution in [0.2, 0.25) is 5.02 Å². The Labute approximate surface area is 305 Å². The number of halogens is 1. The van der Waals surface area contributed by atoms with Crippen molar-refractivity contribution in [3.05, 3.63) is 93.0 Å². The van der Waals surface area contributed by atoms with E-state index in [0.29, 0.717) is 78.1 Å². The zero-order valence-corrected chi connectivity index (χ0v) is 29.2. The highest BCUT2D eigenvalue weighted by Gasteiger charge is 2.45. The van der Waals surface area contributed by atoms with Crippen molar-refractivity contribution in [1.29, 1.82) is 5.26 Å². The van der Waals surface area contributed by atoms with Crippen molar-refractivity contribution in [1.82, 2.24) is 20.0 Å². The van der Waals surface area contributed by atoms with Crippen molar-refractivity contribution in [3.8, 4) is 11.8 Å². The summed E-state index contributed by atoms with van der Waals surface area (Å²) in [6, 6.07) is 18.0. The predicted octanol–water partition coefficient (Wildman–Crippen LogP) is 4.28. The molecule has 3 fully saturated rings. The van der Waals surface area contributed by atoms with Gasteiger partial charge in [0.25, 0.3) is 17.7 Å². The minimum absolute atomic E-state index is 0.0109. The number of hydrogen-bond donors (Lipinski definition) is 1. The van der Waals surface area contributed by atoms with Crippen LogP contribution < -0.4 is 15.0 Å². The first-order chi connectivity index (χ1) is 25.2. The highest BCUT2D eigenvalue weighted by Crippen LogP contribution is 2.36. The van der Waals surface area contributed by atoms with Gasteiger partial charge in [0.05, 0.1) is 21.7 Å². The molecule has 1 unspecified atom stereocenters. The number of nitrogens with one attached hydrogen (secondary N) is 1. The molecule has 5 aliphatic rings. The van der Waals surface area contributed by atoms with E-state index in [2.05, 4.69) is 15.1 Å². The largest absolute Gasteiger partial charge is 0.490 e. The second-order valence-electron chi connectivity index (χ2n) is 14.1. The molecule has 3 aromatic rings. The molecule has 52 heavy (non-hydrogen) atoms. The fraction of sp³-hybridized carbons (Fsp3) is 0.385. The maximum absolute atomic E-state index is 13.3. The average molecular weight is 721 g/mol. The lowest BCUT2D eigenvalue weighted by Gasteiger charge is -2.38. The van der Waals surface area contributed by atoms with Crippen molar-refractivity contribution in [2.24, 2.45) is 0 Å². The zero-order chi connectivity index (χ0) is 36.1. The van der Waals surface area contributed by atoms with Crippen molar-refractivity contribution in [2.75, 3.05) is 31.1 Å². The van der Waals surface area contributed by atoms with Gasteiger partial charge in [-0.1, -0.05) is 11.6 Å². The summed E-state index contributed by atoms with van der Waals surface area (Å²) in [5.74, 6) is -1.31. The van der Waals surface area contributed by atoms with Gasteiger partial charge in [-0.15, -0.1) is 0 Å². The number of carbonyl (C=O) groups excluding carboxylic acids is 5. The fourth-order valence-electron chi connectivity index (χ4n) is 8.17. The Morgan fingerprint density at radius 1 is 0.827 bits per heavy atom. The Kier molecular flexibility index (Phi) is 8.93. The number of piperidine rings is 3. The Balaban J connectivity index is 0.822. The first-order valence-corrected chi connectivity index (χ1v) is 18.2. The number of likely N-dealkylation sites (tertiary alicyclic amines) is 1. The smallest absolute Gasteiger partial charge is 0.262 e. The molecule has 12 nitrogen and oxygen atoms in total. The molecular formula is C39H37ClN6O6. The van der Waals surface area contributed by atoms with E-state index < -0.39 is 29.7 Å². The van der Waals surface area contributed by atoms with Crippen molar-refractivity contribution < 1.29 is 28.7 Å². The summed E-state index contributed by atoms with van der Waals surface area (Å²) >= 11 is 6.15. The lowest BCUT2D eigenvalue weighted by Crippen LogP contribution is -2.54. The number of anilines is 1. The molecule has 13 heteroatoms. The van der Waals surface area contributed by atoms with Crippen LogP contribution in [0.4, 0.5) is 5.69 Å². The van der Waals surface area contributed by atoms with Gasteiger partial charge in [-0.3, -0.25) is 39.1 Å². The standard InChI is InChI=1S/C39H37ClN6O6/c40-33-19-30(6-3-24(33)20-41)52-29-11-15-44(16-12-29)37(49)23-1-4-27(5-2-23)43-13-9-28(10-14-43)45-21-25-17-31-32(18-26(25)22-45)39(51)46(38(31)50)34-7-8-35(47)42-36(34)48/h1-6,17-19,28-29,34H,7-16,21-22H2,(H,42,47,48). The molecule has 0 aromatic heterocycles. The van der Waals surface area contributed by atoms with Crippen LogP contribution in [0.15, 0.2) is 54.6 Å². The van der Waals surface area contributed by atoms with Crippen LogP contribution >= 0.6 is 11.6 Å². The van der Waals surface area contributed by atoms with Crippen LogP contribution in [-0.2, 0) is 22.7 Å². The molecule has 8 rings (SSSR count). The molecule has 0 bridgehead atoms. The number of benzene rings is 3. The lowest BCUT2D eigenvalue weighted by molar-refractivity contribution is -0.136. The molecule has 1 N–H and O–H groups in total. The van der Waals surface area contributed by atoms with Crippen molar-refractivity contribution in [3.63, 3.8) is 0 Å². The molecule has 0 aliphatic carbocycles. The number of fused-ring (bicyclic) bond motifs is 2. The quantitative estimate of drug-likeness (QED) is 0.369. The third kappa shape index (κ3) is 6.28. The summed E-state index contributed by atoms with van der Waals surface area (Å²) in [5, 5.41) is 11.7. The number of amides is 5. The van der Waals surface area contributed by atoms with Crippen LogP contribution in [0.5, 0.6) is 5.75 Å². The van der Waals surface area contributed by atoms with Gasteiger partial charge in [0.2, 0.25) is 11.8 Å². The SMILES string of the molecule is N#Cc1ccc(OC2CCN(C(=O)c3ccc(N4CCC(N5Cc6cc7c(cc6C5)C(=O)N(C5CCC(=O)NC5=O)C7=O)CC4)cc3)CC2)cc1Cl. The second-order valence-corrected chi connectivity index (χ2v) is 14.6. The highest BCUT2D eigenvalue weighted by atomic mass is 35.5. The number of imide groups is 2. The van der Waals surface area contributed by atoms with Crippen LogP contribution in [0.1, 0.15) is 86.3 Å². The topological polar surface area (TPSA) is 143 Å². The molecule has 5 amide bonds. The minimum atomic E-state index is -0.967. The zero-order valence-electron chi connectivity index (χ0n) is 28.5. The van der Waals surface area contributed by atoms with E-state index in [4.69, 9.17) is 21.6 Å². The van der Waals surface area contributed by atoms with E-state index in [-0.39, 0.29) is 24.9 Å². The summed E-state index contributed by atoms with van der Waals surface area (Å²) in [6.45, 7) is 4.32. The summed E-state index contributed by atoms with van der Waals surface area (Å²) in [6.07, 6.45) is 3.54. The van der Waals surface area contributed by atoms with Crippen LogP contribution in [0, 0.1) is 11.3 Å². The highest BCUT2D eigenvalue weighted by molar-refractivity contribution is 6.31. The summed E-state index contributed by atoms with van der Waals surface area (Å²) in [5.41, 5.74) is 4.87. The normalized spacial score (nSPS) is 21.2. The Morgan fingerprint density at radius 3 is 2.08 bits per heavy atom. The molecule has 5 aliphatic heterocycles. The van der Waals surface area contributed by atoms with Crippen LogP contribution in [0.3, 0.4) is 0 Å². The van der Waals surface area contributed by atoms with Gasteiger partial charge in [0, 0.05) is 81.9 Å². The monoisotopic (exact) mass is 720 g/mol. The average Bonchev–Trinajstić information content (AvgIpc) is 3.68. The van der Waals surface area contributed by atoms with Gasteiger partial charge in [0.1, 0.15) is 24.0 Å². The van der Waals surface area contributed by atoms with E-state index in [0.717, 1.165) is 47.6 Å². The lowest BCUT2D eigenvalue weighted by atomic mass is 10.0. The number of ether oxygens (including phenoxy) is 1. The van der Waals surface area contributed by atoms with Gasteiger partial charge in [0.15, 0.2) is 0 Å². The molecule has 3 saturated heterocycles. The Bertz CT molecular complexity index is 1980. The number of nitriles is 1. The van der Waals surface area contributed by atoms with Gasteiger partial charge in [-0.05, 0) is 78.9 Å². The summed E-state index contributed by atoms with van der Waals surface area (Å²) in [7, 11) is 0. The van der Waals surface area contributed by atoms with Gasteiger partial charge in [-0.2, -0.15) is 5.26 Å². The molecular weight excluding hydrogens is 684 g/mol. The van der Waals surface area contributed by atoms with E-state index in [1.807, 2.05) is 47.4 Å². The molecule has 0 radical (unpaired) electrons. The Morgan fingerprint density at radius 2 is 1.48 bits per heavy atom. The molecule has 1 atom stereocenters. The first kappa shape index (κ1) is 33.9. The van der Waals surface area contributed by atoms with Crippen molar-refractivity contribution >= 4 is 46.8 Å². The number of rotatable bonds is 6. The number of nitrogens with zero attached hydrogens (tertiary/aromatic N) is 5. The predicted molar refractivity (Wildman–Crippen MR) is 190 cm³/mol. The minimum Gasteiger partial charge on any atom is -0.490 e. The molecule has 5 heterocycles. The van der Waals surface area contributed by atoms with Crippen LogP contribution in [0.25, 0.3) is 0 Å². The fourth-order valence-corrected chi connectivity index (χ4v) is 8.38. The molecule has 266 valence electrons. The number of carbonyl (C=O) groups is 5. The van der Waals surface area contributed by atoms with Gasteiger partial charge < -0.3 is 14.5 Å². The maximum Gasteiger partial charge on any atom is 0.262 e. The summed E-state index contributed by atoms with van der Waals surface area (Å²) < 4.78 is 6.08. The third-order valence-electron chi connectivity index (χ3n) is 11.1. The molecule has 0 saturated carbocycles. The molecule has 0 spiro atoms. The maximum atomic E-state index is 13.3. The van der Waals surface area contributed by atoms with Gasteiger partial charge >= 0.3 is 0 Å². The Hall–Kier alpha value is -5.25. The van der Waals surface area contributed by atoms with Crippen LogP contribution in [-0.4, -0.2) is 88.6 Å². The first-order valence-electron chi connectivity index (χ1n) is 17.8. The van der Waals surface area contributed by atoms with E-state index in [1.165, 1.54) is 0 Å². The van der Waals surface area contributed by atoms with E-state index >= 15 is 0 Å². The third-order valence-corrected chi connectivity index (χ3v) is 11.4. The second kappa shape index (κ2) is 13.7. The van der Waals surface area contributed by atoms with E-state index in [1.54, 1.807) is 18.2 Å². The van der Waals surface area contributed by atoms with Crippen molar-refractivity contribution in [2.45, 2.75) is 69.8 Å².